The van der Waals surface area contributed by atoms with Gasteiger partial charge in [-0.1, -0.05) is 43.1 Å². The molecule has 0 saturated heterocycles. The molecule has 0 radical (unpaired) electrons. The molecule has 0 saturated carbocycles. The standard InChI is InChI=1S/C15H17Cl2NO2S/c1-9(2)14-7-18-15(20-14)8-21(19)10(3)11-4-5-12(16)13(17)6-11/h4-7,9-10H,8H2,1-3H3/t10-,21+/m1/s1. The van der Waals surface area contributed by atoms with Crippen molar-refractivity contribution in [3.63, 3.8) is 0 Å². The van der Waals surface area contributed by atoms with E-state index in [-0.39, 0.29) is 16.9 Å². The van der Waals surface area contributed by atoms with Crippen LogP contribution in [-0.4, -0.2) is 9.19 Å². The predicted molar refractivity (Wildman–Crippen MR) is 87.3 cm³/mol. The number of aromatic nitrogens is 1. The maximum atomic E-state index is 12.4. The highest BCUT2D eigenvalue weighted by atomic mass is 35.5. The summed E-state index contributed by atoms with van der Waals surface area (Å²) in [6, 6.07) is 5.31. The van der Waals surface area contributed by atoms with E-state index in [1.54, 1.807) is 18.3 Å². The molecule has 0 N–H and O–H groups in total. The van der Waals surface area contributed by atoms with E-state index in [1.165, 1.54) is 0 Å². The summed E-state index contributed by atoms with van der Waals surface area (Å²) in [6.07, 6.45) is 1.70. The van der Waals surface area contributed by atoms with Gasteiger partial charge in [0, 0.05) is 16.7 Å². The molecule has 114 valence electrons. The second kappa shape index (κ2) is 6.95. The molecule has 1 aromatic heterocycles. The first-order chi connectivity index (χ1) is 9.88. The van der Waals surface area contributed by atoms with Gasteiger partial charge in [-0.25, -0.2) is 4.98 Å². The molecule has 0 fully saturated rings. The molecule has 2 atom stereocenters. The van der Waals surface area contributed by atoms with Crippen LogP contribution in [0.2, 0.25) is 10.0 Å². The SMILES string of the molecule is CC(C)c1cnc(C[S@](=O)[C@H](C)c2ccc(Cl)c(Cl)c2)o1. The lowest BCUT2D eigenvalue weighted by molar-refractivity contribution is 0.452. The van der Waals surface area contributed by atoms with Crippen molar-refractivity contribution in [2.75, 3.05) is 0 Å². The highest BCUT2D eigenvalue weighted by Gasteiger charge is 2.18. The largest absolute Gasteiger partial charge is 0.444 e. The van der Waals surface area contributed by atoms with E-state index in [4.69, 9.17) is 27.6 Å². The summed E-state index contributed by atoms with van der Waals surface area (Å²) in [4.78, 5) is 4.18. The van der Waals surface area contributed by atoms with Gasteiger partial charge in [0.05, 0.1) is 21.5 Å². The summed E-state index contributed by atoms with van der Waals surface area (Å²) >= 11 is 11.9. The van der Waals surface area contributed by atoms with Gasteiger partial charge < -0.3 is 4.42 Å². The van der Waals surface area contributed by atoms with Gasteiger partial charge in [0.15, 0.2) is 0 Å². The summed E-state index contributed by atoms with van der Waals surface area (Å²) in [7, 11) is -1.14. The fourth-order valence-electron chi connectivity index (χ4n) is 1.82. The Kier molecular flexibility index (Phi) is 5.47. The van der Waals surface area contributed by atoms with Crippen LogP contribution in [0.4, 0.5) is 0 Å². The van der Waals surface area contributed by atoms with Crippen molar-refractivity contribution in [1.82, 2.24) is 4.98 Å². The van der Waals surface area contributed by atoms with Crippen molar-refractivity contribution >= 4 is 34.0 Å². The fraction of sp³-hybridized carbons (Fsp3) is 0.400. The van der Waals surface area contributed by atoms with Crippen molar-refractivity contribution in [2.24, 2.45) is 0 Å². The van der Waals surface area contributed by atoms with Crippen LogP contribution < -0.4 is 0 Å². The maximum Gasteiger partial charge on any atom is 0.207 e. The van der Waals surface area contributed by atoms with E-state index in [9.17, 15) is 4.21 Å². The minimum absolute atomic E-state index is 0.172. The number of oxazole rings is 1. The van der Waals surface area contributed by atoms with Crippen LogP contribution in [0.15, 0.2) is 28.8 Å². The zero-order valence-corrected chi connectivity index (χ0v) is 14.4. The van der Waals surface area contributed by atoms with Gasteiger partial charge in [0.1, 0.15) is 11.5 Å². The van der Waals surface area contributed by atoms with Crippen LogP contribution in [0.5, 0.6) is 0 Å². The molecule has 21 heavy (non-hydrogen) atoms. The normalized spacial score (nSPS) is 14.4. The molecular weight excluding hydrogens is 329 g/mol. The first-order valence-corrected chi connectivity index (χ1v) is 8.79. The molecule has 0 spiro atoms. The predicted octanol–water partition coefficient (Wildman–Crippen LogP) is 5.11. The van der Waals surface area contributed by atoms with Crippen LogP contribution >= 0.6 is 23.2 Å². The first kappa shape index (κ1) is 16.5. The second-order valence-corrected chi connectivity index (χ2v) is 7.72. The van der Waals surface area contributed by atoms with Gasteiger partial charge in [-0.15, -0.1) is 0 Å². The smallest absolute Gasteiger partial charge is 0.207 e. The molecule has 3 nitrogen and oxygen atoms in total. The van der Waals surface area contributed by atoms with E-state index in [0.717, 1.165) is 11.3 Å². The summed E-state index contributed by atoms with van der Waals surface area (Å²) < 4.78 is 18.0. The Morgan fingerprint density at radius 1 is 1.24 bits per heavy atom. The van der Waals surface area contributed by atoms with Crippen molar-refractivity contribution in [2.45, 2.75) is 37.7 Å². The number of benzene rings is 1. The zero-order chi connectivity index (χ0) is 15.6. The van der Waals surface area contributed by atoms with Crippen molar-refractivity contribution in [1.29, 1.82) is 0 Å². The van der Waals surface area contributed by atoms with Gasteiger partial charge in [-0.05, 0) is 24.6 Å². The van der Waals surface area contributed by atoms with Crippen LogP contribution in [0.3, 0.4) is 0 Å². The van der Waals surface area contributed by atoms with Gasteiger partial charge in [0.2, 0.25) is 5.89 Å². The van der Waals surface area contributed by atoms with Gasteiger partial charge in [-0.3, -0.25) is 4.21 Å². The average Bonchev–Trinajstić information content (AvgIpc) is 2.89. The molecule has 6 heteroatoms. The van der Waals surface area contributed by atoms with E-state index in [0.29, 0.717) is 15.9 Å². The van der Waals surface area contributed by atoms with E-state index < -0.39 is 10.8 Å². The fourth-order valence-corrected chi connectivity index (χ4v) is 3.21. The number of hydrogen-bond donors (Lipinski definition) is 0. The van der Waals surface area contributed by atoms with Crippen molar-refractivity contribution in [3.8, 4) is 0 Å². The van der Waals surface area contributed by atoms with Gasteiger partial charge in [0.25, 0.3) is 0 Å². The van der Waals surface area contributed by atoms with Gasteiger partial charge >= 0.3 is 0 Å². The molecule has 0 aliphatic heterocycles. The molecule has 1 aromatic carbocycles. The highest BCUT2D eigenvalue weighted by molar-refractivity contribution is 7.84. The third kappa shape index (κ3) is 4.09. The number of nitrogens with zero attached hydrogens (tertiary/aromatic N) is 1. The summed E-state index contributed by atoms with van der Waals surface area (Å²) in [6.45, 7) is 5.95. The minimum Gasteiger partial charge on any atom is -0.444 e. The summed E-state index contributed by atoms with van der Waals surface area (Å²) in [5, 5.41) is 0.790. The Hall–Kier alpha value is -0.840. The molecule has 0 unspecified atom stereocenters. The highest BCUT2D eigenvalue weighted by Crippen LogP contribution is 2.29. The monoisotopic (exact) mass is 345 g/mol. The third-order valence-electron chi connectivity index (χ3n) is 3.21. The van der Waals surface area contributed by atoms with E-state index in [2.05, 4.69) is 4.98 Å². The number of rotatable bonds is 5. The van der Waals surface area contributed by atoms with Crippen LogP contribution in [0.25, 0.3) is 0 Å². The second-order valence-electron chi connectivity index (χ2n) is 5.15. The number of halogens is 2. The van der Waals surface area contributed by atoms with Crippen molar-refractivity contribution in [3.05, 3.63) is 51.7 Å². The average molecular weight is 346 g/mol. The Bertz CT molecular complexity index is 655. The molecule has 2 rings (SSSR count). The molecule has 0 aliphatic carbocycles. The van der Waals surface area contributed by atoms with Crippen LogP contribution in [0, 0.1) is 0 Å². The van der Waals surface area contributed by atoms with Crippen LogP contribution in [-0.2, 0) is 16.6 Å². The molecule has 1 heterocycles. The molecule has 0 amide bonds. The number of hydrogen-bond acceptors (Lipinski definition) is 3. The Labute approximate surface area is 137 Å². The lowest BCUT2D eigenvalue weighted by Crippen LogP contribution is -2.05. The lowest BCUT2D eigenvalue weighted by atomic mass is 10.2. The molecule has 0 aliphatic rings. The van der Waals surface area contributed by atoms with Crippen molar-refractivity contribution < 1.29 is 8.63 Å². The molecule has 2 aromatic rings. The first-order valence-electron chi connectivity index (χ1n) is 6.65. The third-order valence-corrected chi connectivity index (χ3v) is 5.54. The lowest BCUT2D eigenvalue weighted by Gasteiger charge is -2.11. The summed E-state index contributed by atoms with van der Waals surface area (Å²) in [5.41, 5.74) is 0.887. The molecular formula is C15H17Cl2NO2S. The Morgan fingerprint density at radius 3 is 2.52 bits per heavy atom. The van der Waals surface area contributed by atoms with E-state index >= 15 is 0 Å². The quantitative estimate of drug-likeness (QED) is 0.755. The van der Waals surface area contributed by atoms with Crippen LogP contribution in [0.1, 0.15) is 49.2 Å². The topological polar surface area (TPSA) is 43.1 Å². The summed E-state index contributed by atoms with van der Waals surface area (Å²) in [5.74, 6) is 1.87. The molecule has 0 bridgehead atoms. The Morgan fingerprint density at radius 2 is 1.95 bits per heavy atom. The minimum atomic E-state index is -1.14. The zero-order valence-electron chi connectivity index (χ0n) is 12.1. The van der Waals surface area contributed by atoms with Gasteiger partial charge in [-0.2, -0.15) is 0 Å². The Balaban J connectivity index is 2.09. The van der Waals surface area contributed by atoms with E-state index in [1.807, 2.05) is 26.8 Å². The maximum absolute atomic E-state index is 12.4.